The summed E-state index contributed by atoms with van der Waals surface area (Å²) in [6, 6.07) is 6.08. The van der Waals surface area contributed by atoms with E-state index >= 15 is 0 Å². The second-order valence-electron chi connectivity index (χ2n) is 5.02. The highest BCUT2D eigenvalue weighted by atomic mass is 19.1. The molecule has 0 radical (unpaired) electrons. The number of ether oxygens (including phenoxy) is 1. The molecule has 0 aliphatic heterocycles. The molecular formula is C15H18FNO3. The van der Waals surface area contributed by atoms with E-state index in [9.17, 15) is 14.0 Å². The lowest BCUT2D eigenvalue weighted by molar-refractivity contribution is -0.140. The van der Waals surface area contributed by atoms with Crippen LogP contribution in [-0.4, -0.2) is 25.5 Å². The maximum absolute atomic E-state index is 12.9. The topological polar surface area (TPSA) is 55.4 Å². The molecule has 5 heteroatoms. The van der Waals surface area contributed by atoms with Gasteiger partial charge in [-0.1, -0.05) is 12.1 Å². The molecule has 1 amide bonds. The van der Waals surface area contributed by atoms with E-state index in [-0.39, 0.29) is 17.7 Å². The number of nitrogens with one attached hydrogen (secondary N) is 1. The Labute approximate surface area is 117 Å². The minimum atomic E-state index is -0.501. The SMILES string of the molecule is COC(=O)CCCNC(=O)C1(c2ccc(F)cc2)CC1. The fourth-order valence-electron chi connectivity index (χ4n) is 2.25. The summed E-state index contributed by atoms with van der Waals surface area (Å²) >= 11 is 0. The second kappa shape index (κ2) is 6.03. The third-order valence-corrected chi connectivity index (χ3v) is 3.65. The van der Waals surface area contributed by atoms with Gasteiger partial charge in [0.1, 0.15) is 5.82 Å². The predicted molar refractivity (Wildman–Crippen MR) is 71.6 cm³/mol. The van der Waals surface area contributed by atoms with Gasteiger partial charge < -0.3 is 10.1 Å². The third-order valence-electron chi connectivity index (χ3n) is 3.65. The molecule has 0 atom stereocenters. The summed E-state index contributed by atoms with van der Waals surface area (Å²) in [6.07, 6.45) is 2.40. The summed E-state index contributed by atoms with van der Waals surface area (Å²) in [4.78, 5) is 23.2. The number of halogens is 1. The first-order chi connectivity index (χ1) is 9.58. The number of benzene rings is 1. The van der Waals surface area contributed by atoms with Crippen molar-refractivity contribution in [3.8, 4) is 0 Å². The number of carbonyl (C=O) groups excluding carboxylic acids is 2. The van der Waals surface area contributed by atoms with Crippen molar-refractivity contribution in [2.24, 2.45) is 0 Å². The third kappa shape index (κ3) is 3.15. The van der Waals surface area contributed by atoms with E-state index in [2.05, 4.69) is 10.1 Å². The van der Waals surface area contributed by atoms with Crippen LogP contribution in [0.5, 0.6) is 0 Å². The van der Waals surface area contributed by atoms with Gasteiger partial charge in [0.25, 0.3) is 0 Å². The minimum Gasteiger partial charge on any atom is -0.469 e. The van der Waals surface area contributed by atoms with Crippen LogP contribution in [-0.2, 0) is 19.7 Å². The number of hydrogen-bond donors (Lipinski definition) is 1. The van der Waals surface area contributed by atoms with Crippen LogP contribution in [0.3, 0.4) is 0 Å². The van der Waals surface area contributed by atoms with Crippen LogP contribution in [0.15, 0.2) is 24.3 Å². The summed E-state index contributed by atoms with van der Waals surface area (Å²) in [6.45, 7) is 0.441. The maximum Gasteiger partial charge on any atom is 0.305 e. The molecule has 108 valence electrons. The molecule has 4 nitrogen and oxygen atoms in total. The molecule has 1 aromatic carbocycles. The highest BCUT2D eigenvalue weighted by Gasteiger charge is 2.50. The Morgan fingerprint density at radius 2 is 1.95 bits per heavy atom. The molecule has 2 rings (SSSR count). The van der Waals surface area contributed by atoms with Crippen LogP contribution in [0.4, 0.5) is 4.39 Å². The number of methoxy groups -OCH3 is 1. The van der Waals surface area contributed by atoms with E-state index in [1.54, 1.807) is 12.1 Å². The number of amides is 1. The summed E-state index contributed by atoms with van der Waals surface area (Å²) in [5, 5.41) is 2.84. The maximum atomic E-state index is 12.9. The summed E-state index contributed by atoms with van der Waals surface area (Å²) in [5.41, 5.74) is 0.350. The van der Waals surface area contributed by atoms with E-state index in [1.807, 2.05) is 0 Å². The van der Waals surface area contributed by atoms with Crippen molar-refractivity contribution in [3.05, 3.63) is 35.6 Å². The fourth-order valence-corrected chi connectivity index (χ4v) is 2.25. The zero-order chi connectivity index (χ0) is 14.6. The zero-order valence-electron chi connectivity index (χ0n) is 11.4. The van der Waals surface area contributed by atoms with Gasteiger partial charge in [-0.2, -0.15) is 0 Å². The standard InChI is InChI=1S/C15H18FNO3/c1-20-13(18)3-2-10-17-14(19)15(8-9-15)11-4-6-12(16)7-5-11/h4-7H,2-3,8-10H2,1H3,(H,17,19). The molecule has 1 N–H and O–H groups in total. The smallest absolute Gasteiger partial charge is 0.305 e. The Bertz CT molecular complexity index is 494. The molecule has 0 saturated heterocycles. The van der Waals surface area contributed by atoms with Crippen molar-refractivity contribution < 1.29 is 18.7 Å². The van der Waals surface area contributed by atoms with Gasteiger partial charge in [0.2, 0.25) is 5.91 Å². The number of rotatable bonds is 6. The molecule has 1 aliphatic rings. The molecule has 1 aliphatic carbocycles. The van der Waals surface area contributed by atoms with Gasteiger partial charge >= 0.3 is 5.97 Å². The quantitative estimate of drug-likeness (QED) is 0.639. The van der Waals surface area contributed by atoms with Gasteiger partial charge in [0, 0.05) is 13.0 Å². The van der Waals surface area contributed by atoms with Crippen LogP contribution in [0.2, 0.25) is 0 Å². The summed E-state index contributed by atoms with van der Waals surface area (Å²) in [5.74, 6) is -0.629. The Kier molecular flexibility index (Phi) is 4.37. The Morgan fingerprint density at radius 1 is 1.30 bits per heavy atom. The Hall–Kier alpha value is -1.91. The van der Waals surface area contributed by atoms with Crippen molar-refractivity contribution in [2.45, 2.75) is 31.1 Å². The van der Waals surface area contributed by atoms with E-state index in [0.717, 1.165) is 18.4 Å². The molecule has 0 spiro atoms. The van der Waals surface area contributed by atoms with Crippen LogP contribution in [0.1, 0.15) is 31.2 Å². The van der Waals surface area contributed by atoms with Gasteiger partial charge in [0.05, 0.1) is 12.5 Å². The van der Waals surface area contributed by atoms with Crippen molar-refractivity contribution in [1.82, 2.24) is 5.32 Å². The highest BCUT2D eigenvalue weighted by Crippen LogP contribution is 2.48. The molecule has 0 unspecified atom stereocenters. The number of carbonyl (C=O) groups is 2. The lowest BCUT2D eigenvalue weighted by atomic mass is 9.95. The van der Waals surface area contributed by atoms with Gasteiger partial charge in [-0.15, -0.1) is 0 Å². The van der Waals surface area contributed by atoms with Crippen molar-refractivity contribution in [2.75, 3.05) is 13.7 Å². The monoisotopic (exact) mass is 279 g/mol. The minimum absolute atomic E-state index is 0.0472. The first-order valence-corrected chi connectivity index (χ1v) is 6.70. The van der Waals surface area contributed by atoms with Crippen LogP contribution in [0, 0.1) is 5.82 Å². The van der Waals surface area contributed by atoms with Gasteiger partial charge in [-0.05, 0) is 37.0 Å². The number of hydrogen-bond acceptors (Lipinski definition) is 3. The molecule has 0 aromatic heterocycles. The lowest BCUT2D eigenvalue weighted by Crippen LogP contribution is -2.35. The second-order valence-corrected chi connectivity index (χ2v) is 5.02. The van der Waals surface area contributed by atoms with Crippen LogP contribution < -0.4 is 5.32 Å². The molecule has 0 heterocycles. The molecule has 1 fully saturated rings. The average Bonchev–Trinajstić information content (AvgIpc) is 3.25. The van der Waals surface area contributed by atoms with Crippen molar-refractivity contribution in [1.29, 1.82) is 0 Å². The van der Waals surface area contributed by atoms with E-state index in [1.165, 1.54) is 19.2 Å². The molecule has 1 aromatic rings. The first kappa shape index (κ1) is 14.5. The number of esters is 1. The average molecular weight is 279 g/mol. The normalized spacial score (nSPS) is 15.5. The van der Waals surface area contributed by atoms with E-state index in [0.29, 0.717) is 19.4 Å². The van der Waals surface area contributed by atoms with Crippen molar-refractivity contribution >= 4 is 11.9 Å². The lowest BCUT2D eigenvalue weighted by Gasteiger charge is -2.15. The van der Waals surface area contributed by atoms with E-state index in [4.69, 9.17) is 0 Å². The molecular weight excluding hydrogens is 261 g/mol. The van der Waals surface area contributed by atoms with Crippen molar-refractivity contribution in [3.63, 3.8) is 0 Å². The van der Waals surface area contributed by atoms with Crippen LogP contribution in [0.25, 0.3) is 0 Å². The van der Waals surface area contributed by atoms with E-state index < -0.39 is 5.41 Å². The first-order valence-electron chi connectivity index (χ1n) is 6.70. The highest BCUT2D eigenvalue weighted by molar-refractivity contribution is 5.91. The predicted octanol–water partition coefficient (Wildman–Crippen LogP) is 1.93. The summed E-state index contributed by atoms with van der Waals surface area (Å²) in [7, 11) is 1.34. The molecule has 0 bridgehead atoms. The summed E-state index contributed by atoms with van der Waals surface area (Å²) < 4.78 is 17.4. The van der Waals surface area contributed by atoms with Gasteiger partial charge in [-0.25, -0.2) is 4.39 Å². The van der Waals surface area contributed by atoms with Crippen LogP contribution >= 0.6 is 0 Å². The molecule has 20 heavy (non-hydrogen) atoms. The molecule has 1 saturated carbocycles. The fraction of sp³-hybridized carbons (Fsp3) is 0.467. The Morgan fingerprint density at radius 3 is 2.50 bits per heavy atom. The Balaban J connectivity index is 1.86. The van der Waals surface area contributed by atoms with Gasteiger partial charge in [-0.3, -0.25) is 9.59 Å². The largest absolute Gasteiger partial charge is 0.469 e. The zero-order valence-corrected chi connectivity index (χ0v) is 11.4. The van der Waals surface area contributed by atoms with Gasteiger partial charge in [0.15, 0.2) is 0 Å².